The molecule has 1 aliphatic heterocycles. The number of amides is 1. The maximum absolute atomic E-state index is 13.0. The normalized spacial score (nSPS) is 17.1. The van der Waals surface area contributed by atoms with Crippen molar-refractivity contribution in [1.82, 2.24) is 4.90 Å². The smallest absolute Gasteiger partial charge is 0.295 e. The summed E-state index contributed by atoms with van der Waals surface area (Å²) in [7, 11) is 0. The molecule has 1 amide bonds. The molecule has 3 aromatic carbocycles. The van der Waals surface area contributed by atoms with Gasteiger partial charge in [-0.2, -0.15) is 0 Å². The molecule has 1 aliphatic rings. The summed E-state index contributed by atoms with van der Waals surface area (Å²) in [5, 5.41) is 33.0. The van der Waals surface area contributed by atoms with Crippen LogP contribution >= 0.6 is 0 Å². The fraction of sp³-hybridized carbons (Fsp3) is 0.0833. The lowest BCUT2D eigenvalue weighted by molar-refractivity contribution is -0.385. The van der Waals surface area contributed by atoms with Gasteiger partial charge in [0.25, 0.3) is 23.1 Å². The minimum atomic E-state index is -1.02. The molecule has 3 aromatic rings. The van der Waals surface area contributed by atoms with E-state index in [1.807, 2.05) is 0 Å². The highest BCUT2D eigenvalue weighted by molar-refractivity contribution is 6.46. The predicted octanol–water partition coefficient (Wildman–Crippen LogP) is 4.12. The Labute approximate surface area is 192 Å². The second-order valence-electron chi connectivity index (χ2n) is 7.57. The first-order valence-corrected chi connectivity index (χ1v) is 10.1. The van der Waals surface area contributed by atoms with Crippen LogP contribution in [-0.4, -0.2) is 31.5 Å². The fourth-order valence-corrected chi connectivity index (χ4v) is 3.84. The van der Waals surface area contributed by atoms with E-state index in [1.165, 1.54) is 53.4 Å². The third-order valence-electron chi connectivity index (χ3n) is 5.51. The summed E-state index contributed by atoms with van der Waals surface area (Å²) in [6, 6.07) is 18.2. The molecule has 0 unspecified atom stereocenters. The Kier molecular flexibility index (Phi) is 5.88. The zero-order valence-electron chi connectivity index (χ0n) is 17.5. The summed E-state index contributed by atoms with van der Waals surface area (Å²) in [6.45, 7) is 0.0596. The summed E-state index contributed by atoms with van der Waals surface area (Å²) in [4.78, 5) is 48.1. The number of aliphatic hydroxyl groups is 1. The third-order valence-corrected chi connectivity index (χ3v) is 5.51. The summed E-state index contributed by atoms with van der Waals surface area (Å²) >= 11 is 0. The number of likely N-dealkylation sites (tertiary alicyclic amines) is 1. The van der Waals surface area contributed by atoms with E-state index in [0.29, 0.717) is 5.56 Å². The average molecular weight is 459 g/mol. The molecule has 0 aliphatic carbocycles. The lowest BCUT2D eigenvalue weighted by Gasteiger charge is -2.25. The van der Waals surface area contributed by atoms with E-state index in [0.717, 1.165) is 5.56 Å². The largest absolute Gasteiger partial charge is 0.507 e. The Bertz CT molecular complexity index is 1320. The zero-order valence-corrected chi connectivity index (χ0v) is 17.5. The number of nitrogens with zero attached hydrogens (tertiary/aromatic N) is 3. The van der Waals surface area contributed by atoms with Crippen LogP contribution < -0.4 is 0 Å². The predicted molar refractivity (Wildman–Crippen MR) is 120 cm³/mol. The van der Waals surface area contributed by atoms with Crippen LogP contribution in [0.2, 0.25) is 0 Å². The molecule has 0 bridgehead atoms. The van der Waals surface area contributed by atoms with E-state index in [-0.39, 0.29) is 29.1 Å². The van der Waals surface area contributed by atoms with Crippen LogP contribution in [0.15, 0.2) is 84.4 Å². The first-order chi connectivity index (χ1) is 16.3. The maximum Gasteiger partial charge on any atom is 0.295 e. The van der Waals surface area contributed by atoms with Gasteiger partial charge in [-0.25, -0.2) is 0 Å². The summed E-state index contributed by atoms with van der Waals surface area (Å²) in [5.74, 6) is -2.25. The van der Waals surface area contributed by atoms with Gasteiger partial charge in [-0.3, -0.25) is 29.8 Å². The molecule has 1 atom stereocenters. The molecule has 0 aromatic heterocycles. The highest BCUT2D eigenvalue weighted by Gasteiger charge is 2.46. The van der Waals surface area contributed by atoms with Crippen molar-refractivity contribution in [2.75, 3.05) is 0 Å². The number of benzene rings is 3. The number of carbonyl (C=O) groups excluding carboxylic acids is 2. The van der Waals surface area contributed by atoms with Gasteiger partial charge < -0.3 is 10.0 Å². The van der Waals surface area contributed by atoms with Crippen LogP contribution in [0, 0.1) is 20.2 Å². The Balaban J connectivity index is 1.84. The van der Waals surface area contributed by atoms with Gasteiger partial charge in [0.1, 0.15) is 5.76 Å². The fourth-order valence-electron chi connectivity index (χ4n) is 3.84. The lowest BCUT2D eigenvalue weighted by Crippen LogP contribution is -2.29. The van der Waals surface area contributed by atoms with Crippen LogP contribution in [0.25, 0.3) is 5.76 Å². The molecule has 1 N–H and O–H groups in total. The molecule has 1 heterocycles. The van der Waals surface area contributed by atoms with E-state index in [4.69, 9.17) is 0 Å². The number of Topliss-reactive ketones (excluding diaryl/α,β-unsaturated/α-hetero) is 1. The van der Waals surface area contributed by atoms with Crippen LogP contribution in [0.5, 0.6) is 0 Å². The molecule has 1 saturated heterocycles. The van der Waals surface area contributed by atoms with Crippen LogP contribution in [0.4, 0.5) is 11.4 Å². The van der Waals surface area contributed by atoms with E-state index in [2.05, 4.69) is 0 Å². The Morgan fingerprint density at radius 1 is 0.824 bits per heavy atom. The number of carbonyl (C=O) groups is 2. The van der Waals surface area contributed by atoms with Crippen LogP contribution in [0.3, 0.4) is 0 Å². The number of non-ortho nitro benzene ring substituents is 2. The Morgan fingerprint density at radius 2 is 1.35 bits per heavy atom. The van der Waals surface area contributed by atoms with Crippen molar-refractivity contribution in [3.63, 3.8) is 0 Å². The highest BCUT2D eigenvalue weighted by atomic mass is 16.6. The number of nitro benzene ring substituents is 2. The van der Waals surface area contributed by atoms with Gasteiger partial charge >= 0.3 is 0 Å². The minimum Gasteiger partial charge on any atom is -0.507 e. The number of nitro groups is 2. The van der Waals surface area contributed by atoms with Gasteiger partial charge in [-0.15, -0.1) is 0 Å². The number of hydrogen-bond acceptors (Lipinski definition) is 7. The molecule has 34 heavy (non-hydrogen) atoms. The number of ketones is 1. The average Bonchev–Trinajstić information content (AvgIpc) is 3.09. The number of hydrogen-bond donors (Lipinski definition) is 1. The van der Waals surface area contributed by atoms with E-state index >= 15 is 0 Å². The first-order valence-electron chi connectivity index (χ1n) is 10.1. The third kappa shape index (κ3) is 4.11. The van der Waals surface area contributed by atoms with Crippen molar-refractivity contribution >= 4 is 28.8 Å². The molecule has 10 heteroatoms. The summed E-state index contributed by atoms with van der Waals surface area (Å²) < 4.78 is 0. The SMILES string of the molecule is O=C1C(=O)N(Cc2ccccc2)[C@H](c2ccc([N+](=O)[O-])cc2)/C1=C(\O)c1ccc([N+](=O)[O-])cc1. The molecule has 0 radical (unpaired) electrons. The van der Waals surface area contributed by atoms with E-state index < -0.39 is 33.3 Å². The van der Waals surface area contributed by atoms with Crippen molar-refractivity contribution in [2.24, 2.45) is 0 Å². The second kappa shape index (κ2) is 8.94. The van der Waals surface area contributed by atoms with Gasteiger partial charge in [-0.05, 0) is 35.4 Å². The molecule has 0 saturated carbocycles. The van der Waals surface area contributed by atoms with Crippen LogP contribution in [-0.2, 0) is 16.1 Å². The van der Waals surface area contributed by atoms with Gasteiger partial charge in [0, 0.05) is 36.4 Å². The standard InChI is InChI=1S/C24H17N3O7/c28-22(17-8-12-19(13-9-17)27(33)34)20-21(16-6-10-18(11-7-16)26(31)32)25(24(30)23(20)29)14-15-4-2-1-3-5-15/h1-13,21,28H,14H2/b22-20+/t21-/m1/s1. The minimum absolute atomic E-state index is 0.0596. The van der Waals surface area contributed by atoms with Gasteiger partial charge in [-0.1, -0.05) is 30.3 Å². The molecule has 170 valence electrons. The summed E-state index contributed by atoms with van der Waals surface area (Å²) in [6.07, 6.45) is 0. The van der Waals surface area contributed by atoms with Crippen molar-refractivity contribution in [3.8, 4) is 0 Å². The molecule has 1 fully saturated rings. The van der Waals surface area contributed by atoms with E-state index in [9.17, 15) is 34.9 Å². The zero-order chi connectivity index (χ0) is 24.4. The quantitative estimate of drug-likeness (QED) is 0.192. The van der Waals surface area contributed by atoms with Gasteiger partial charge in [0.2, 0.25) is 0 Å². The summed E-state index contributed by atoms with van der Waals surface area (Å²) in [5.41, 5.74) is 0.682. The molecule has 10 nitrogen and oxygen atoms in total. The first kappa shape index (κ1) is 22.3. The molecular weight excluding hydrogens is 442 g/mol. The Hall–Kier alpha value is -4.86. The van der Waals surface area contributed by atoms with Gasteiger partial charge in [0.15, 0.2) is 0 Å². The van der Waals surface area contributed by atoms with Gasteiger partial charge in [0.05, 0.1) is 21.5 Å². The van der Waals surface area contributed by atoms with Crippen molar-refractivity contribution in [3.05, 3.63) is 121 Å². The van der Waals surface area contributed by atoms with E-state index in [1.54, 1.807) is 30.3 Å². The lowest BCUT2D eigenvalue weighted by atomic mass is 9.95. The molecule has 0 spiro atoms. The number of rotatable bonds is 6. The topological polar surface area (TPSA) is 144 Å². The maximum atomic E-state index is 13.0. The van der Waals surface area contributed by atoms with Crippen LogP contribution in [0.1, 0.15) is 22.7 Å². The second-order valence-corrected chi connectivity index (χ2v) is 7.57. The Morgan fingerprint density at radius 3 is 1.88 bits per heavy atom. The van der Waals surface area contributed by atoms with Crippen molar-refractivity contribution in [2.45, 2.75) is 12.6 Å². The van der Waals surface area contributed by atoms with Crippen molar-refractivity contribution in [1.29, 1.82) is 0 Å². The molecule has 4 rings (SSSR count). The van der Waals surface area contributed by atoms with Crippen molar-refractivity contribution < 1.29 is 24.5 Å². The highest BCUT2D eigenvalue weighted by Crippen LogP contribution is 2.40. The monoisotopic (exact) mass is 459 g/mol. The molecular formula is C24H17N3O7. The number of aliphatic hydroxyl groups excluding tert-OH is 1.